The Morgan fingerprint density at radius 2 is 2.00 bits per heavy atom. The zero-order valence-electron chi connectivity index (χ0n) is 8.79. The van der Waals surface area contributed by atoms with Crippen LogP contribution in [0.25, 0.3) is 0 Å². The Hall–Kier alpha value is -1.31. The minimum Gasteiger partial charge on any atom is -0.350 e. The Balaban J connectivity index is 2.50. The molecule has 1 rings (SSSR count). The molecule has 0 aromatic heterocycles. The predicted molar refractivity (Wildman–Crippen MR) is 57.9 cm³/mol. The largest absolute Gasteiger partial charge is 0.350 e. The quantitative estimate of drug-likeness (QED) is 0.778. The van der Waals surface area contributed by atoms with Crippen molar-refractivity contribution in [3.05, 3.63) is 35.9 Å². The van der Waals surface area contributed by atoms with Crippen LogP contribution in [0.3, 0.4) is 0 Å². The van der Waals surface area contributed by atoms with E-state index >= 15 is 0 Å². The van der Waals surface area contributed by atoms with Gasteiger partial charge in [-0.25, -0.2) is 0 Å². The van der Waals surface area contributed by atoms with Crippen molar-refractivity contribution in [2.75, 3.05) is 0 Å². The summed E-state index contributed by atoms with van der Waals surface area (Å²) in [4.78, 5) is 11.3. The molecule has 1 aromatic carbocycles. The maximum Gasteiger partial charge on any atom is 0.220 e. The van der Waals surface area contributed by atoms with Gasteiger partial charge >= 0.3 is 0 Å². The molecule has 1 amide bonds. The van der Waals surface area contributed by atoms with E-state index in [1.54, 1.807) is 0 Å². The number of hydrogen-bond donors (Lipinski definition) is 1. The van der Waals surface area contributed by atoms with Crippen molar-refractivity contribution >= 4 is 5.91 Å². The normalized spacial score (nSPS) is 12.1. The van der Waals surface area contributed by atoms with E-state index in [1.165, 1.54) is 0 Å². The van der Waals surface area contributed by atoms with Crippen molar-refractivity contribution in [2.45, 2.75) is 32.7 Å². The van der Waals surface area contributed by atoms with Crippen molar-refractivity contribution in [2.24, 2.45) is 0 Å². The van der Waals surface area contributed by atoms with Crippen molar-refractivity contribution in [3.63, 3.8) is 0 Å². The molecule has 0 fully saturated rings. The van der Waals surface area contributed by atoms with Crippen LogP contribution in [-0.4, -0.2) is 5.91 Å². The lowest BCUT2D eigenvalue weighted by atomic mass is 10.1. The first-order valence-electron chi connectivity index (χ1n) is 5.08. The molecule has 0 radical (unpaired) electrons. The van der Waals surface area contributed by atoms with Crippen molar-refractivity contribution < 1.29 is 4.79 Å². The third kappa shape index (κ3) is 3.21. The number of rotatable bonds is 4. The van der Waals surface area contributed by atoms with Gasteiger partial charge in [0.2, 0.25) is 5.91 Å². The minimum absolute atomic E-state index is 0.107. The van der Waals surface area contributed by atoms with Crippen molar-refractivity contribution in [1.82, 2.24) is 5.32 Å². The van der Waals surface area contributed by atoms with E-state index in [0.29, 0.717) is 6.42 Å². The van der Waals surface area contributed by atoms with Crippen LogP contribution in [0.4, 0.5) is 0 Å². The molecule has 1 aromatic rings. The van der Waals surface area contributed by atoms with Crippen LogP contribution in [-0.2, 0) is 4.79 Å². The fourth-order valence-corrected chi connectivity index (χ4v) is 1.37. The molecule has 14 heavy (non-hydrogen) atoms. The third-order valence-electron chi connectivity index (χ3n) is 2.15. The molecule has 0 saturated heterocycles. The van der Waals surface area contributed by atoms with Gasteiger partial charge in [-0.3, -0.25) is 4.79 Å². The van der Waals surface area contributed by atoms with Crippen LogP contribution in [0.2, 0.25) is 0 Å². The lowest BCUT2D eigenvalue weighted by molar-refractivity contribution is -0.121. The number of benzene rings is 1. The SMILES string of the molecule is CCCC(=O)NC(C)c1ccccc1. The molecule has 0 bridgehead atoms. The summed E-state index contributed by atoms with van der Waals surface area (Å²) < 4.78 is 0. The minimum atomic E-state index is 0.107. The maximum atomic E-state index is 11.3. The summed E-state index contributed by atoms with van der Waals surface area (Å²) in [5, 5.41) is 2.96. The molecule has 2 nitrogen and oxygen atoms in total. The highest BCUT2D eigenvalue weighted by molar-refractivity contribution is 5.76. The first-order valence-corrected chi connectivity index (χ1v) is 5.08. The van der Waals surface area contributed by atoms with E-state index in [4.69, 9.17) is 0 Å². The Kier molecular flexibility index (Phi) is 4.17. The van der Waals surface area contributed by atoms with Gasteiger partial charge in [0.1, 0.15) is 0 Å². The lowest BCUT2D eigenvalue weighted by Crippen LogP contribution is -2.25. The fraction of sp³-hybridized carbons (Fsp3) is 0.417. The molecule has 0 aliphatic heterocycles. The molecule has 2 heteroatoms. The molecule has 1 atom stereocenters. The van der Waals surface area contributed by atoms with Gasteiger partial charge in [0, 0.05) is 6.42 Å². The van der Waals surface area contributed by atoms with Crippen molar-refractivity contribution in [1.29, 1.82) is 0 Å². The van der Waals surface area contributed by atoms with E-state index in [-0.39, 0.29) is 11.9 Å². The van der Waals surface area contributed by atoms with Gasteiger partial charge in [-0.2, -0.15) is 0 Å². The summed E-state index contributed by atoms with van der Waals surface area (Å²) >= 11 is 0. The lowest BCUT2D eigenvalue weighted by Gasteiger charge is -2.13. The topological polar surface area (TPSA) is 29.1 Å². The summed E-state index contributed by atoms with van der Waals surface area (Å²) in [6, 6.07) is 10.1. The molecular weight excluding hydrogens is 174 g/mol. The Bertz CT molecular complexity index is 282. The van der Waals surface area contributed by atoms with Crippen LogP contribution >= 0.6 is 0 Å². The van der Waals surface area contributed by atoms with Gasteiger partial charge in [0.25, 0.3) is 0 Å². The standard InChI is InChI=1S/C12H17NO/c1-3-7-12(14)13-10(2)11-8-5-4-6-9-11/h4-6,8-10H,3,7H2,1-2H3,(H,13,14). The summed E-state index contributed by atoms with van der Waals surface area (Å²) in [5.41, 5.74) is 1.15. The van der Waals surface area contributed by atoms with Gasteiger partial charge in [-0.05, 0) is 18.9 Å². The number of carbonyl (C=O) groups is 1. The molecule has 0 saturated carbocycles. The van der Waals surface area contributed by atoms with E-state index in [1.807, 2.05) is 44.2 Å². The Labute approximate surface area is 85.3 Å². The van der Waals surface area contributed by atoms with E-state index in [0.717, 1.165) is 12.0 Å². The van der Waals surface area contributed by atoms with E-state index in [2.05, 4.69) is 5.32 Å². The molecule has 1 unspecified atom stereocenters. The highest BCUT2D eigenvalue weighted by Crippen LogP contribution is 2.11. The van der Waals surface area contributed by atoms with Gasteiger partial charge in [0.05, 0.1) is 6.04 Å². The highest BCUT2D eigenvalue weighted by Gasteiger charge is 2.07. The summed E-state index contributed by atoms with van der Waals surface area (Å²) in [6.45, 7) is 4.01. The smallest absolute Gasteiger partial charge is 0.220 e. The average molecular weight is 191 g/mol. The fourth-order valence-electron chi connectivity index (χ4n) is 1.37. The molecular formula is C12H17NO. The molecule has 0 aliphatic rings. The second-order valence-electron chi connectivity index (χ2n) is 3.45. The second-order valence-corrected chi connectivity index (χ2v) is 3.45. The molecule has 0 heterocycles. The summed E-state index contributed by atoms with van der Waals surface area (Å²) in [6.07, 6.45) is 1.50. The number of amides is 1. The predicted octanol–water partition coefficient (Wildman–Crippen LogP) is 2.66. The van der Waals surface area contributed by atoms with E-state index < -0.39 is 0 Å². The van der Waals surface area contributed by atoms with Gasteiger partial charge < -0.3 is 5.32 Å². The highest BCUT2D eigenvalue weighted by atomic mass is 16.1. The number of nitrogens with one attached hydrogen (secondary N) is 1. The van der Waals surface area contributed by atoms with Crippen LogP contribution in [0.15, 0.2) is 30.3 Å². The van der Waals surface area contributed by atoms with Gasteiger partial charge in [0.15, 0.2) is 0 Å². The molecule has 0 spiro atoms. The zero-order valence-corrected chi connectivity index (χ0v) is 8.79. The van der Waals surface area contributed by atoms with Gasteiger partial charge in [-0.15, -0.1) is 0 Å². The Morgan fingerprint density at radius 1 is 1.36 bits per heavy atom. The van der Waals surface area contributed by atoms with Crippen molar-refractivity contribution in [3.8, 4) is 0 Å². The number of carbonyl (C=O) groups excluding carboxylic acids is 1. The Morgan fingerprint density at radius 3 is 2.57 bits per heavy atom. The summed E-state index contributed by atoms with van der Waals surface area (Å²) in [5.74, 6) is 0.129. The van der Waals surface area contributed by atoms with E-state index in [9.17, 15) is 4.79 Å². The summed E-state index contributed by atoms with van der Waals surface area (Å²) in [7, 11) is 0. The first-order chi connectivity index (χ1) is 6.74. The van der Waals surface area contributed by atoms with Crippen LogP contribution in [0.1, 0.15) is 38.3 Å². The molecule has 1 N–H and O–H groups in total. The monoisotopic (exact) mass is 191 g/mol. The van der Waals surface area contributed by atoms with Crippen LogP contribution < -0.4 is 5.32 Å². The maximum absolute atomic E-state index is 11.3. The van der Waals surface area contributed by atoms with Crippen LogP contribution in [0.5, 0.6) is 0 Å². The van der Waals surface area contributed by atoms with Crippen LogP contribution in [0, 0.1) is 0 Å². The number of hydrogen-bond acceptors (Lipinski definition) is 1. The van der Waals surface area contributed by atoms with Gasteiger partial charge in [-0.1, -0.05) is 37.3 Å². The second kappa shape index (κ2) is 5.43. The zero-order chi connectivity index (χ0) is 10.4. The molecule has 76 valence electrons. The average Bonchev–Trinajstić information content (AvgIpc) is 2.19. The first kappa shape index (κ1) is 10.8. The third-order valence-corrected chi connectivity index (χ3v) is 2.15. The molecule has 0 aliphatic carbocycles.